The van der Waals surface area contributed by atoms with E-state index >= 15 is 0 Å². The van der Waals surface area contributed by atoms with E-state index in [0.717, 1.165) is 5.56 Å². The Morgan fingerprint density at radius 3 is 2.52 bits per heavy atom. The van der Waals surface area contributed by atoms with Crippen LogP contribution in [0.5, 0.6) is 5.75 Å². The van der Waals surface area contributed by atoms with Gasteiger partial charge in [-0.3, -0.25) is 4.79 Å². The van der Waals surface area contributed by atoms with Gasteiger partial charge in [0.1, 0.15) is 11.9 Å². The standard InChI is InChI=1S/C17H16O4/c18-15-10-12-6-4-5-9-14(12)21-17(15,11-16(19)20)13-7-2-1-3-8-13/h1-9,15,18H,10-11H2,(H,19,20). The second-order valence-corrected chi connectivity index (χ2v) is 5.26. The van der Waals surface area contributed by atoms with Crippen molar-refractivity contribution in [3.05, 3.63) is 65.7 Å². The maximum Gasteiger partial charge on any atom is 0.307 e. The molecule has 21 heavy (non-hydrogen) atoms. The second-order valence-electron chi connectivity index (χ2n) is 5.26. The zero-order valence-corrected chi connectivity index (χ0v) is 11.4. The predicted molar refractivity (Wildman–Crippen MR) is 77.2 cm³/mol. The lowest BCUT2D eigenvalue weighted by molar-refractivity contribution is -0.149. The molecule has 2 aromatic carbocycles. The van der Waals surface area contributed by atoms with Gasteiger partial charge in [0.25, 0.3) is 0 Å². The third kappa shape index (κ3) is 2.38. The molecule has 0 aliphatic carbocycles. The molecule has 0 fully saturated rings. The molecule has 1 heterocycles. The highest BCUT2D eigenvalue weighted by Gasteiger charge is 2.47. The van der Waals surface area contributed by atoms with Crippen LogP contribution in [0.25, 0.3) is 0 Å². The van der Waals surface area contributed by atoms with Gasteiger partial charge in [0.2, 0.25) is 0 Å². The highest BCUT2D eigenvalue weighted by molar-refractivity contribution is 5.69. The number of ether oxygens (including phenoxy) is 1. The molecule has 0 saturated carbocycles. The van der Waals surface area contributed by atoms with Gasteiger partial charge in [-0.2, -0.15) is 0 Å². The molecular formula is C17H16O4. The van der Waals surface area contributed by atoms with E-state index in [4.69, 9.17) is 4.74 Å². The molecule has 2 N–H and O–H groups in total. The van der Waals surface area contributed by atoms with Gasteiger partial charge in [-0.1, -0.05) is 48.5 Å². The minimum Gasteiger partial charge on any atom is -0.481 e. The Kier molecular flexibility index (Phi) is 3.39. The van der Waals surface area contributed by atoms with E-state index < -0.39 is 17.7 Å². The third-order valence-corrected chi connectivity index (χ3v) is 3.89. The molecule has 2 unspecified atom stereocenters. The lowest BCUT2D eigenvalue weighted by Gasteiger charge is -2.42. The number of hydrogen-bond acceptors (Lipinski definition) is 3. The molecule has 0 bridgehead atoms. The number of carboxylic acid groups (broad SMARTS) is 1. The van der Waals surface area contributed by atoms with Gasteiger partial charge in [-0.05, 0) is 17.2 Å². The first-order valence-electron chi connectivity index (χ1n) is 6.84. The summed E-state index contributed by atoms with van der Waals surface area (Å²) in [7, 11) is 0. The SMILES string of the molecule is O=C(O)CC1(c2ccccc2)Oc2ccccc2CC1O. The largest absolute Gasteiger partial charge is 0.481 e. The first-order valence-corrected chi connectivity index (χ1v) is 6.84. The van der Waals surface area contributed by atoms with Gasteiger partial charge in [-0.15, -0.1) is 0 Å². The molecule has 4 heteroatoms. The Morgan fingerprint density at radius 2 is 1.81 bits per heavy atom. The Hall–Kier alpha value is -2.33. The van der Waals surface area contributed by atoms with Gasteiger partial charge < -0.3 is 14.9 Å². The van der Waals surface area contributed by atoms with E-state index in [0.29, 0.717) is 17.7 Å². The Morgan fingerprint density at radius 1 is 1.14 bits per heavy atom. The first kappa shape index (κ1) is 13.6. The first-order chi connectivity index (χ1) is 10.1. The topological polar surface area (TPSA) is 66.8 Å². The molecule has 4 nitrogen and oxygen atoms in total. The van der Waals surface area contributed by atoms with Crippen molar-refractivity contribution in [3.8, 4) is 5.75 Å². The number of carbonyl (C=O) groups is 1. The molecule has 0 saturated heterocycles. The number of aliphatic hydroxyl groups is 1. The van der Waals surface area contributed by atoms with Crippen LogP contribution in [-0.4, -0.2) is 22.3 Å². The lowest BCUT2D eigenvalue weighted by atomic mass is 9.80. The summed E-state index contributed by atoms with van der Waals surface area (Å²) < 4.78 is 6.00. The van der Waals surface area contributed by atoms with E-state index in [-0.39, 0.29) is 6.42 Å². The average Bonchev–Trinajstić information content (AvgIpc) is 2.48. The normalized spacial score (nSPS) is 24.0. The Balaban J connectivity index is 2.11. The van der Waals surface area contributed by atoms with Gasteiger partial charge in [0.15, 0.2) is 5.60 Å². The molecule has 0 amide bonds. The van der Waals surface area contributed by atoms with E-state index in [1.54, 1.807) is 18.2 Å². The minimum atomic E-state index is -1.25. The summed E-state index contributed by atoms with van der Waals surface area (Å²) in [5.41, 5.74) is 0.317. The number of hydrogen-bond donors (Lipinski definition) is 2. The van der Waals surface area contributed by atoms with Crippen molar-refractivity contribution in [2.75, 3.05) is 0 Å². The summed E-state index contributed by atoms with van der Waals surface area (Å²) in [6, 6.07) is 16.5. The zero-order chi connectivity index (χ0) is 14.9. The molecule has 1 aliphatic heterocycles. The molecule has 1 aliphatic rings. The van der Waals surface area contributed by atoms with Crippen LogP contribution in [0.1, 0.15) is 17.5 Å². The second kappa shape index (κ2) is 5.22. The van der Waals surface area contributed by atoms with E-state index in [2.05, 4.69) is 0 Å². The Bertz CT molecular complexity index is 653. The van der Waals surface area contributed by atoms with Crippen LogP contribution in [0.3, 0.4) is 0 Å². The fourth-order valence-corrected chi connectivity index (χ4v) is 2.86. The van der Waals surface area contributed by atoms with Crippen LogP contribution in [0.4, 0.5) is 0 Å². The van der Waals surface area contributed by atoms with Crippen molar-refractivity contribution < 1.29 is 19.7 Å². The van der Waals surface area contributed by atoms with Crippen LogP contribution in [0.2, 0.25) is 0 Å². The molecule has 0 radical (unpaired) electrons. The Labute approximate surface area is 122 Å². The maximum absolute atomic E-state index is 11.3. The van der Waals surface area contributed by atoms with Crippen LogP contribution in [-0.2, 0) is 16.8 Å². The van der Waals surface area contributed by atoms with E-state index in [9.17, 15) is 15.0 Å². The van der Waals surface area contributed by atoms with Crippen molar-refractivity contribution in [2.45, 2.75) is 24.5 Å². The zero-order valence-electron chi connectivity index (χ0n) is 11.4. The van der Waals surface area contributed by atoms with Crippen molar-refractivity contribution in [1.82, 2.24) is 0 Å². The monoisotopic (exact) mass is 284 g/mol. The predicted octanol–water partition coefficient (Wildman–Crippen LogP) is 2.35. The van der Waals surface area contributed by atoms with Gasteiger partial charge in [-0.25, -0.2) is 0 Å². The summed E-state index contributed by atoms with van der Waals surface area (Å²) in [4.78, 5) is 11.3. The maximum atomic E-state index is 11.3. The fourth-order valence-electron chi connectivity index (χ4n) is 2.86. The quantitative estimate of drug-likeness (QED) is 0.908. The number of aliphatic hydroxyl groups excluding tert-OH is 1. The van der Waals surface area contributed by atoms with Crippen LogP contribution in [0.15, 0.2) is 54.6 Å². The fraction of sp³-hybridized carbons (Fsp3) is 0.235. The number of aliphatic carboxylic acids is 1. The molecule has 3 rings (SSSR count). The van der Waals surface area contributed by atoms with Crippen LogP contribution < -0.4 is 4.74 Å². The molecule has 2 aromatic rings. The van der Waals surface area contributed by atoms with Crippen molar-refractivity contribution in [1.29, 1.82) is 0 Å². The number of carboxylic acids is 1. The number of benzene rings is 2. The average molecular weight is 284 g/mol. The molecule has 0 spiro atoms. The molecule has 108 valence electrons. The van der Waals surface area contributed by atoms with E-state index in [1.165, 1.54) is 0 Å². The third-order valence-electron chi connectivity index (χ3n) is 3.89. The molecular weight excluding hydrogens is 268 g/mol. The van der Waals surface area contributed by atoms with Gasteiger partial charge in [0.05, 0.1) is 6.42 Å². The van der Waals surface area contributed by atoms with Crippen molar-refractivity contribution >= 4 is 5.97 Å². The minimum absolute atomic E-state index is 0.285. The van der Waals surface area contributed by atoms with Gasteiger partial charge in [0, 0.05) is 6.42 Å². The van der Waals surface area contributed by atoms with Crippen LogP contribution >= 0.6 is 0 Å². The smallest absolute Gasteiger partial charge is 0.307 e. The van der Waals surface area contributed by atoms with E-state index in [1.807, 2.05) is 36.4 Å². The summed E-state index contributed by atoms with van der Waals surface area (Å²) in [6.45, 7) is 0. The summed E-state index contributed by atoms with van der Waals surface area (Å²) in [5.74, 6) is -0.370. The number of fused-ring (bicyclic) bond motifs is 1. The molecule has 0 aromatic heterocycles. The van der Waals surface area contributed by atoms with Gasteiger partial charge >= 0.3 is 5.97 Å². The highest BCUT2D eigenvalue weighted by Crippen LogP contribution is 2.42. The highest BCUT2D eigenvalue weighted by atomic mass is 16.5. The van der Waals surface area contributed by atoms with Crippen molar-refractivity contribution in [3.63, 3.8) is 0 Å². The van der Waals surface area contributed by atoms with Crippen molar-refractivity contribution in [2.24, 2.45) is 0 Å². The lowest BCUT2D eigenvalue weighted by Crippen LogP contribution is -2.50. The number of rotatable bonds is 3. The summed E-state index contributed by atoms with van der Waals surface area (Å²) in [6.07, 6.45) is -0.823. The summed E-state index contributed by atoms with van der Waals surface area (Å²) in [5, 5.41) is 19.8. The molecule has 2 atom stereocenters. The summed E-state index contributed by atoms with van der Waals surface area (Å²) >= 11 is 0. The van der Waals surface area contributed by atoms with Crippen LogP contribution in [0, 0.1) is 0 Å². The number of para-hydroxylation sites is 1.